The highest BCUT2D eigenvalue weighted by Crippen LogP contribution is 2.42. The van der Waals surface area contributed by atoms with Crippen LogP contribution in [0.4, 0.5) is 4.39 Å². The van der Waals surface area contributed by atoms with Crippen LogP contribution in [-0.2, 0) is 16.8 Å². The fourth-order valence-electron chi connectivity index (χ4n) is 4.48. The summed E-state index contributed by atoms with van der Waals surface area (Å²) in [4.78, 5) is 12.4. The highest BCUT2D eigenvalue weighted by atomic mass is 19.1. The fourth-order valence-corrected chi connectivity index (χ4v) is 4.48. The first-order valence-electron chi connectivity index (χ1n) is 11.5. The molecule has 0 unspecified atom stereocenters. The van der Waals surface area contributed by atoms with Crippen LogP contribution in [0.3, 0.4) is 0 Å². The zero-order chi connectivity index (χ0) is 24.6. The average Bonchev–Trinajstić information content (AvgIpc) is 3.15. The molecule has 0 spiro atoms. The number of ether oxygens (including phenoxy) is 1. The van der Waals surface area contributed by atoms with Gasteiger partial charge in [0.15, 0.2) is 0 Å². The molecule has 176 valence electrons. The summed E-state index contributed by atoms with van der Waals surface area (Å²) in [5, 5.41) is 11.0. The number of hydrogen-bond donors (Lipinski definition) is 1. The number of carboxylic acids is 1. The molecule has 0 amide bonds. The van der Waals surface area contributed by atoms with Crippen LogP contribution in [0, 0.1) is 12.7 Å². The molecule has 4 rings (SSSR count). The topological polar surface area (TPSA) is 51.5 Å². The van der Waals surface area contributed by atoms with Gasteiger partial charge in [0.05, 0.1) is 10.9 Å². The van der Waals surface area contributed by atoms with Gasteiger partial charge in [-0.2, -0.15) is 0 Å². The van der Waals surface area contributed by atoms with E-state index in [1.165, 1.54) is 6.07 Å². The van der Waals surface area contributed by atoms with Crippen LogP contribution in [0.15, 0.2) is 66.7 Å². The van der Waals surface area contributed by atoms with Gasteiger partial charge in [-0.15, -0.1) is 0 Å². The number of fused-ring (bicyclic) bond motifs is 1. The number of carboxylic acid groups (broad SMARTS) is 1. The van der Waals surface area contributed by atoms with E-state index in [9.17, 15) is 14.3 Å². The van der Waals surface area contributed by atoms with Gasteiger partial charge in [0.25, 0.3) is 0 Å². The zero-order valence-electron chi connectivity index (χ0n) is 20.2. The maximum Gasteiger partial charge on any atom is 0.313 e. The summed E-state index contributed by atoms with van der Waals surface area (Å²) in [5.41, 5.74) is 3.76. The van der Waals surface area contributed by atoms with Gasteiger partial charge in [0.2, 0.25) is 0 Å². The molecule has 4 nitrogen and oxygen atoms in total. The third-order valence-electron chi connectivity index (χ3n) is 6.33. The van der Waals surface area contributed by atoms with Crippen molar-refractivity contribution >= 4 is 16.9 Å². The fraction of sp³-hybridized carbons (Fsp3) is 0.276. The monoisotopic (exact) mass is 459 g/mol. The smallest absolute Gasteiger partial charge is 0.313 e. The molecule has 34 heavy (non-hydrogen) atoms. The Morgan fingerprint density at radius 2 is 1.76 bits per heavy atom. The van der Waals surface area contributed by atoms with Crippen LogP contribution in [-0.4, -0.2) is 15.6 Å². The Morgan fingerprint density at radius 1 is 1.06 bits per heavy atom. The van der Waals surface area contributed by atoms with E-state index < -0.39 is 11.4 Å². The number of hydrogen-bond acceptors (Lipinski definition) is 2. The second kappa shape index (κ2) is 8.98. The number of benzene rings is 3. The van der Waals surface area contributed by atoms with Crippen molar-refractivity contribution in [3.8, 4) is 11.4 Å². The number of halogens is 1. The second-order valence-corrected chi connectivity index (χ2v) is 9.57. The summed E-state index contributed by atoms with van der Waals surface area (Å²) in [5.74, 6) is -0.477. The molecule has 0 fully saturated rings. The van der Waals surface area contributed by atoms with Crippen molar-refractivity contribution in [1.29, 1.82) is 0 Å². The van der Waals surface area contributed by atoms with Gasteiger partial charge in [-0.25, -0.2) is 4.39 Å². The molecule has 1 heterocycles. The van der Waals surface area contributed by atoms with Crippen LogP contribution >= 0.6 is 0 Å². The van der Waals surface area contributed by atoms with Crippen molar-refractivity contribution < 1.29 is 19.0 Å². The zero-order valence-corrected chi connectivity index (χ0v) is 20.2. The van der Waals surface area contributed by atoms with Crippen LogP contribution < -0.4 is 4.74 Å². The van der Waals surface area contributed by atoms with Crippen molar-refractivity contribution in [2.24, 2.45) is 0 Å². The maximum atomic E-state index is 14.1. The Labute approximate surface area is 199 Å². The first-order valence-corrected chi connectivity index (χ1v) is 11.5. The standard InChI is InChI=1S/C29H30FNO3/c1-18(2)27-26(29(4,5)28(32)33)23-16-22(34-17-20-9-7-6-8-10-20)12-14-25(23)31(27)21-11-13-24(30)19(3)15-21/h6-16,18H,17H2,1-5H3,(H,32,33). The lowest BCUT2D eigenvalue weighted by atomic mass is 9.80. The van der Waals surface area contributed by atoms with E-state index in [4.69, 9.17) is 4.74 Å². The lowest BCUT2D eigenvalue weighted by molar-refractivity contribution is -0.142. The quantitative estimate of drug-likeness (QED) is 0.319. The first kappa shape index (κ1) is 23.6. The molecular weight excluding hydrogens is 429 g/mol. The van der Waals surface area contributed by atoms with E-state index >= 15 is 0 Å². The van der Waals surface area contributed by atoms with Gasteiger partial charge in [0.1, 0.15) is 18.2 Å². The first-order chi connectivity index (χ1) is 16.1. The Hall–Kier alpha value is -3.60. The summed E-state index contributed by atoms with van der Waals surface area (Å²) >= 11 is 0. The minimum absolute atomic E-state index is 0.0278. The Balaban J connectivity index is 1.96. The van der Waals surface area contributed by atoms with Gasteiger partial charge < -0.3 is 14.4 Å². The van der Waals surface area contributed by atoms with E-state index in [0.29, 0.717) is 17.9 Å². The molecule has 0 saturated heterocycles. The molecule has 4 aromatic rings. The van der Waals surface area contributed by atoms with Gasteiger partial charge in [-0.3, -0.25) is 4.79 Å². The van der Waals surface area contributed by atoms with Crippen molar-refractivity contribution in [1.82, 2.24) is 4.57 Å². The highest BCUT2D eigenvalue weighted by molar-refractivity contribution is 5.95. The Morgan fingerprint density at radius 3 is 2.38 bits per heavy atom. The second-order valence-electron chi connectivity index (χ2n) is 9.57. The van der Waals surface area contributed by atoms with Crippen LogP contribution in [0.1, 0.15) is 56.0 Å². The predicted molar refractivity (Wildman–Crippen MR) is 133 cm³/mol. The Kier molecular flexibility index (Phi) is 6.22. The highest BCUT2D eigenvalue weighted by Gasteiger charge is 2.37. The summed E-state index contributed by atoms with van der Waals surface area (Å²) in [6, 6.07) is 20.7. The van der Waals surface area contributed by atoms with Gasteiger partial charge in [0, 0.05) is 16.8 Å². The minimum Gasteiger partial charge on any atom is -0.489 e. The summed E-state index contributed by atoms with van der Waals surface area (Å²) < 4.78 is 22.2. The maximum absolute atomic E-state index is 14.1. The number of aliphatic carboxylic acids is 1. The average molecular weight is 460 g/mol. The molecule has 0 aliphatic carbocycles. The van der Waals surface area contributed by atoms with Crippen molar-refractivity contribution in [3.63, 3.8) is 0 Å². The normalized spacial score (nSPS) is 11.9. The molecular formula is C29H30FNO3. The molecule has 1 aromatic heterocycles. The largest absolute Gasteiger partial charge is 0.489 e. The van der Waals surface area contributed by atoms with Gasteiger partial charge in [-0.1, -0.05) is 44.2 Å². The lowest BCUT2D eigenvalue weighted by Gasteiger charge is -2.24. The molecule has 3 aromatic carbocycles. The molecule has 0 radical (unpaired) electrons. The van der Waals surface area contributed by atoms with Gasteiger partial charge >= 0.3 is 5.97 Å². The molecule has 1 N–H and O–H groups in total. The van der Waals surface area contributed by atoms with Crippen LogP contribution in [0.2, 0.25) is 0 Å². The van der Waals surface area contributed by atoms with Crippen LogP contribution in [0.5, 0.6) is 5.75 Å². The number of rotatable bonds is 7. The number of aryl methyl sites for hydroxylation is 1. The third-order valence-corrected chi connectivity index (χ3v) is 6.33. The van der Waals surface area contributed by atoms with E-state index in [1.807, 2.05) is 48.5 Å². The SMILES string of the molecule is Cc1cc(-n2c(C(C)C)c(C(C)(C)C(=O)O)c3cc(OCc4ccccc4)ccc32)ccc1F. The third kappa shape index (κ3) is 4.18. The molecule has 0 aliphatic heterocycles. The molecule has 0 bridgehead atoms. The van der Waals surface area contributed by atoms with E-state index in [1.54, 1.807) is 32.9 Å². The summed E-state index contributed by atoms with van der Waals surface area (Å²) in [6.07, 6.45) is 0. The van der Waals surface area contributed by atoms with Gasteiger partial charge in [-0.05, 0) is 79.8 Å². The molecule has 5 heteroatoms. The van der Waals surface area contributed by atoms with Crippen molar-refractivity contribution in [3.05, 3.63) is 94.9 Å². The minimum atomic E-state index is -1.14. The lowest BCUT2D eigenvalue weighted by Crippen LogP contribution is -2.30. The van der Waals surface area contributed by atoms with E-state index in [-0.39, 0.29) is 11.7 Å². The van der Waals surface area contributed by atoms with Crippen molar-refractivity contribution in [2.75, 3.05) is 0 Å². The Bertz CT molecular complexity index is 1350. The summed E-state index contributed by atoms with van der Waals surface area (Å²) in [7, 11) is 0. The number of nitrogens with zero attached hydrogens (tertiary/aromatic N) is 1. The molecule has 0 atom stereocenters. The van der Waals surface area contributed by atoms with Crippen molar-refractivity contribution in [2.45, 2.75) is 52.6 Å². The van der Waals surface area contributed by atoms with Crippen LogP contribution in [0.25, 0.3) is 16.6 Å². The number of aromatic nitrogens is 1. The molecule has 0 saturated carbocycles. The van der Waals surface area contributed by atoms with E-state index in [2.05, 4.69) is 18.4 Å². The summed E-state index contributed by atoms with van der Waals surface area (Å²) in [6.45, 7) is 9.71. The molecule has 0 aliphatic rings. The number of carbonyl (C=O) groups is 1. The predicted octanol–water partition coefficient (Wildman–Crippen LogP) is 7.14. The van der Waals surface area contributed by atoms with E-state index in [0.717, 1.165) is 33.4 Å².